The van der Waals surface area contributed by atoms with E-state index < -0.39 is 10.0 Å². The Morgan fingerprint density at radius 1 is 1.24 bits per heavy atom. The van der Waals surface area contributed by atoms with Gasteiger partial charge >= 0.3 is 0 Å². The van der Waals surface area contributed by atoms with Crippen LogP contribution in [0.5, 0.6) is 0 Å². The molecule has 0 spiro atoms. The van der Waals surface area contributed by atoms with Crippen LogP contribution < -0.4 is 4.72 Å². The van der Waals surface area contributed by atoms with Gasteiger partial charge in [-0.2, -0.15) is 8.42 Å². The molecular formula is C18H22N4O2S. The molecule has 2 aromatic heterocycles. The summed E-state index contributed by atoms with van der Waals surface area (Å²) in [5.41, 5.74) is 2.13. The van der Waals surface area contributed by atoms with Crippen molar-refractivity contribution in [3.8, 4) is 0 Å². The quantitative estimate of drug-likeness (QED) is 0.728. The molecule has 3 rings (SSSR count). The van der Waals surface area contributed by atoms with Gasteiger partial charge in [0, 0.05) is 23.3 Å². The fourth-order valence-corrected chi connectivity index (χ4v) is 3.61. The molecule has 3 aromatic rings. The van der Waals surface area contributed by atoms with E-state index in [0.29, 0.717) is 5.69 Å². The Morgan fingerprint density at radius 2 is 2.00 bits per heavy atom. The first-order valence-electron chi connectivity index (χ1n) is 8.39. The zero-order valence-corrected chi connectivity index (χ0v) is 15.4. The fraction of sp³-hybridized carbons (Fsp3) is 0.333. The summed E-state index contributed by atoms with van der Waals surface area (Å²) in [5, 5.41) is 0.788. The molecule has 0 radical (unpaired) electrons. The maximum Gasteiger partial charge on any atom is 0.280 e. The predicted molar refractivity (Wildman–Crippen MR) is 99.2 cm³/mol. The molecular weight excluding hydrogens is 336 g/mol. The van der Waals surface area contributed by atoms with Gasteiger partial charge in [0.2, 0.25) is 0 Å². The molecule has 1 aromatic carbocycles. The second-order valence-electron chi connectivity index (χ2n) is 6.05. The van der Waals surface area contributed by atoms with Crippen molar-refractivity contribution in [2.24, 2.45) is 0 Å². The van der Waals surface area contributed by atoms with E-state index in [-0.39, 0.29) is 11.1 Å². The summed E-state index contributed by atoms with van der Waals surface area (Å²) in [5.74, 6) is 0. The van der Waals surface area contributed by atoms with Crippen LogP contribution in [-0.2, 0) is 16.4 Å². The number of imidazole rings is 1. The van der Waals surface area contributed by atoms with Gasteiger partial charge in [-0.25, -0.2) is 4.98 Å². The zero-order chi connectivity index (χ0) is 18.0. The van der Waals surface area contributed by atoms with E-state index in [4.69, 9.17) is 0 Å². The van der Waals surface area contributed by atoms with Crippen LogP contribution in [0.2, 0.25) is 0 Å². The average Bonchev–Trinajstić information content (AvgIpc) is 3.11. The Hall–Kier alpha value is -2.41. The highest BCUT2D eigenvalue weighted by Gasteiger charge is 2.20. The van der Waals surface area contributed by atoms with Crippen molar-refractivity contribution >= 4 is 26.6 Å². The van der Waals surface area contributed by atoms with Crippen molar-refractivity contribution < 1.29 is 8.42 Å². The minimum atomic E-state index is -3.76. The molecule has 1 atom stereocenters. The van der Waals surface area contributed by atoms with Crippen LogP contribution in [0.4, 0.5) is 5.69 Å². The molecule has 132 valence electrons. The molecule has 0 bridgehead atoms. The smallest absolute Gasteiger partial charge is 0.280 e. The Morgan fingerprint density at radius 3 is 2.72 bits per heavy atom. The van der Waals surface area contributed by atoms with E-state index in [2.05, 4.69) is 14.7 Å². The maximum absolute atomic E-state index is 12.8. The van der Waals surface area contributed by atoms with Crippen LogP contribution in [0.15, 0.2) is 47.9 Å². The van der Waals surface area contributed by atoms with Crippen LogP contribution in [0.3, 0.4) is 0 Å². The van der Waals surface area contributed by atoms with Gasteiger partial charge in [-0.1, -0.05) is 32.0 Å². The first-order valence-corrected chi connectivity index (χ1v) is 9.88. The van der Waals surface area contributed by atoms with Crippen LogP contribution in [-0.4, -0.2) is 23.0 Å². The van der Waals surface area contributed by atoms with Gasteiger partial charge in [0.1, 0.15) is 0 Å². The number of pyridine rings is 1. The highest BCUT2D eigenvalue weighted by Crippen LogP contribution is 2.26. The summed E-state index contributed by atoms with van der Waals surface area (Å²) in [6, 6.07) is 9.48. The number of sulfonamides is 1. The fourth-order valence-electron chi connectivity index (χ4n) is 2.60. The molecule has 0 saturated carbocycles. The molecule has 0 fully saturated rings. The highest BCUT2D eigenvalue weighted by molar-refractivity contribution is 7.92. The lowest BCUT2D eigenvalue weighted by molar-refractivity contribution is 0.529. The lowest BCUT2D eigenvalue weighted by Crippen LogP contribution is -2.14. The van der Waals surface area contributed by atoms with Gasteiger partial charge in [0.25, 0.3) is 10.0 Å². The number of para-hydroxylation sites is 1. The molecule has 1 unspecified atom stereocenters. The van der Waals surface area contributed by atoms with Crippen molar-refractivity contribution in [3.05, 3.63) is 48.5 Å². The molecule has 0 amide bonds. The second kappa shape index (κ2) is 6.84. The van der Waals surface area contributed by atoms with Crippen molar-refractivity contribution in [3.63, 3.8) is 0 Å². The molecule has 1 N–H and O–H groups in total. The van der Waals surface area contributed by atoms with Crippen LogP contribution in [0.25, 0.3) is 10.9 Å². The van der Waals surface area contributed by atoms with E-state index >= 15 is 0 Å². The summed E-state index contributed by atoms with van der Waals surface area (Å²) in [7, 11) is -3.76. The van der Waals surface area contributed by atoms with E-state index in [9.17, 15) is 8.42 Å². The zero-order valence-electron chi connectivity index (χ0n) is 14.6. The summed E-state index contributed by atoms with van der Waals surface area (Å²) in [6.45, 7) is 6.06. The molecule has 25 heavy (non-hydrogen) atoms. The first kappa shape index (κ1) is 17.4. The van der Waals surface area contributed by atoms with E-state index in [1.807, 2.05) is 49.6 Å². The topological polar surface area (TPSA) is 76.9 Å². The van der Waals surface area contributed by atoms with Gasteiger partial charge in [-0.15, -0.1) is 0 Å². The second-order valence-corrected chi connectivity index (χ2v) is 7.68. The van der Waals surface area contributed by atoms with E-state index in [1.54, 1.807) is 18.6 Å². The standard InChI is InChI=1S/C18H22N4O2S/c1-4-13(3)22-11-18(19-12-22)25(23,24)21-17-10-14(5-2)20-16-9-7-6-8-15(16)17/h6-13H,4-5H2,1-3H3,(H,20,21). The number of fused-ring (bicyclic) bond motifs is 1. The Bertz CT molecular complexity index is 995. The third-order valence-corrected chi connectivity index (χ3v) is 5.58. The van der Waals surface area contributed by atoms with Gasteiger partial charge in [-0.05, 0) is 31.9 Å². The van der Waals surface area contributed by atoms with E-state index in [0.717, 1.165) is 29.4 Å². The van der Waals surface area contributed by atoms with Crippen molar-refractivity contribution in [1.82, 2.24) is 14.5 Å². The Labute approximate surface area is 148 Å². The van der Waals surface area contributed by atoms with Crippen LogP contribution in [0, 0.1) is 0 Å². The van der Waals surface area contributed by atoms with Gasteiger partial charge < -0.3 is 4.57 Å². The minimum absolute atomic E-state index is 0.0201. The molecule has 7 heteroatoms. The van der Waals surface area contributed by atoms with E-state index in [1.165, 1.54) is 0 Å². The number of benzene rings is 1. The lowest BCUT2D eigenvalue weighted by Gasteiger charge is -2.11. The number of aromatic nitrogens is 3. The van der Waals surface area contributed by atoms with Gasteiger partial charge in [-0.3, -0.25) is 9.71 Å². The first-order chi connectivity index (χ1) is 11.9. The third-order valence-electron chi connectivity index (χ3n) is 4.33. The lowest BCUT2D eigenvalue weighted by atomic mass is 10.1. The van der Waals surface area contributed by atoms with Crippen LogP contribution in [0.1, 0.15) is 38.9 Å². The van der Waals surface area contributed by atoms with Crippen LogP contribution >= 0.6 is 0 Å². The Balaban J connectivity index is 2.01. The third kappa shape index (κ3) is 3.51. The molecule has 0 aliphatic heterocycles. The van der Waals surface area contributed by atoms with Crippen molar-refractivity contribution in [2.75, 3.05) is 4.72 Å². The van der Waals surface area contributed by atoms with Gasteiger partial charge in [0.15, 0.2) is 5.03 Å². The number of hydrogen-bond acceptors (Lipinski definition) is 4. The maximum atomic E-state index is 12.8. The summed E-state index contributed by atoms with van der Waals surface area (Å²) in [6.07, 6.45) is 4.76. The normalized spacial score (nSPS) is 13.1. The number of aryl methyl sites for hydroxylation is 1. The summed E-state index contributed by atoms with van der Waals surface area (Å²) >= 11 is 0. The average molecular weight is 358 g/mol. The largest absolute Gasteiger partial charge is 0.333 e. The van der Waals surface area contributed by atoms with Crippen molar-refractivity contribution in [2.45, 2.75) is 44.7 Å². The number of anilines is 1. The molecule has 2 heterocycles. The number of hydrogen-bond donors (Lipinski definition) is 1. The molecule has 6 nitrogen and oxygen atoms in total. The Kier molecular flexibility index (Phi) is 4.76. The number of rotatable bonds is 6. The highest BCUT2D eigenvalue weighted by atomic mass is 32.2. The summed E-state index contributed by atoms with van der Waals surface area (Å²) in [4.78, 5) is 8.61. The van der Waals surface area contributed by atoms with Crippen molar-refractivity contribution in [1.29, 1.82) is 0 Å². The predicted octanol–water partition coefficient (Wildman–Crippen LogP) is 3.77. The number of nitrogens with one attached hydrogen (secondary N) is 1. The molecule has 0 saturated heterocycles. The number of nitrogens with zero attached hydrogens (tertiary/aromatic N) is 3. The molecule has 0 aliphatic carbocycles. The minimum Gasteiger partial charge on any atom is -0.333 e. The SMILES string of the molecule is CCc1cc(NS(=O)(=O)c2cn(C(C)CC)cn2)c2ccccc2n1. The monoisotopic (exact) mass is 358 g/mol. The summed E-state index contributed by atoms with van der Waals surface area (Å²) < 4.78 is 30.0. The van der Waals surface area contributed by atoms with Gasteiger partial charge in [0.05, 0.1) is 17.5 Å². The molecule has 0 aliphatic rings.